The molecule has 2 heterocycles. The molecule has 0 saturated heterocycles. The van der Waals surface area contributed by atoms with Crippen LogP contribution in [0.3, 0.4) is 0 Å². The van der Waals surface area contributed by atoms with Gasteiger partial charge in [-0.1, -0.05) is 4.85 Å². The molecule has 68 valence electrons. The third kappa shape index (κ3) is 1.56. The third-order valence-corrected chi connectivity index (χ3v) is 1.45. The lowest BCUT2D eigenvalue weighted by Gasteiger charge is -1.99. The Labute approximate surface area is 71.7 Å². The second-order valence-electron chi connectivity index (χ2n) is 2.31. The minimum Gasteiger partial charge on any atom is -0.327 e. The summed E-state index contributed by atoms with van der Waals surface area (Å²) in [4.78, 5) is 8.59. The molecule has 6 heteroatoms. The molecular weight excluding hydrogens is 180 g/mol. The Hall–Kier alpha value is -1.72. The van der Waals surface area contributed by atoms with Crippen LogP contribution in [0, 0.1) is 0 Å². The van der Waals surface area contributed by atoms with E-state index in [4.69, 9.17) is 0 Å². The number of fused-ring (bicyclic) bond motifs is 1. The molecular formula is C7H5F2N3O. The van der Waals surface area contributed by atoms with Gasteiger partial charge in [-0.15, -0.1) is 5.10 Å². The predicted octanol–water partition coefficient (Wildman–Crippen LogP) is 1.08. The van der Waals surface area contributed by atoms with Gasteiger partial charge < -0.3 is 4.84 Å². The van der Waals surface area contributed by atoms with Crippen LogP contribution >= 0.6 is 0 Å². The van der Waals surface area contributed by atoms with Gasteiger partial charge in [0.2, 0.25) is 0 Å². The summed E-state index contributed by atoms with van der Waals surface area (Å²) >= 11 is 0. The minimum atomic E-state index is -2.88. The van der Waals surface area contributed by atoms with Gasteiger partial charge >= 0.3 is 6.61 Å². The summed E-state index contributed by atoms with van der Waals surface area (Å²) in [7, 11) is 0. The first-order valence-electron chi connectivity index (χ1n) is 3.51. The Morgan fingerprint density at radius 1 is 1.46 bits per heavy atom. The number of pyridine rings is 1. The van der Waals surface area contributed by atoms with Gasteiger partial charge in [0.15, 0.2) is 5.65 Å². The van der Waals surface area contributed by atoms with E-state index in [1.54, 1.807) is 12.1 Å². The van der Waals surface area contributed by atoms with E-state index in [9.17, 15) is 8.78 Å². The molecule has 0 aliphatic heterocycles. The molecule has 0 fully saturated rings. The molecule has 0 aliphatic carbocycles. The van der Waals surface area contributed by atoms with Gasteiger partial charge in [0, 0.05) is 11.6 Å². The van der Waals surface area contributed by atoms with Crippen LogP contribution in [-0.2, 0) is 0 Å². The molecule has 2 aromatic heterocycles. The van der Waals surface area contributed by atoms with Crippen molar-refractivity contribution in [3.05, 3.63) is 24.5 Å². The molecule has 2 rings (SSSR count). The fraction of sp³-hybridized carbons (Fsp3) is 0.143. The Morgan fingerprint density at radius 3 is 3.00 bits per heavy atom. The van der Waals surface area contributed by atoms with Crippen molar-refractivity contribution in [2.45, 2.75) is 6.61 Å². The summed E-state index contributed by atoms with van der Waals surface area (Å²) in [5.41, 5.74) is 0.378. The van der Waals surface area contributed by atoms with Crippen molar-refractivity contribution >= 4 is 11.0 Å². The van der Waals surface area contributed by atoms with E-state index in [0.29, 0.717) is 15.9 Å². The zero-order valence-electron chi connectivity index (χ0n) is 6.39. The van der Waals surface area contributed by atoms with Crippen molar-refractivity contribution in [2.24, 2.45) is 0 Å². The largest absolute Gasteiger partial charge is 0.407 e. The molecule has 0 bridgehead atoms. The molecule has 0 atom stereocenters. The summed E-state index contributed by atoms with van der Waals surface area (Å²) in [5.74, 6) is 0. The van der Waals surface area contributed by atoms with E-state index < -0.39 is 6.61 Å². The van der Waals surface area contributed by atoms with Crippen LogP contribution in [-0.4, -0.2) is 21.5 Å². The zero-order valence-corrected chi connectivity index (χ0v) is 6.39. The maximum atomic E-state index is 11.7. The molecule has 0 unspecified atom stereocenters. The summed E-state index contributed by atoms with van der Waals surface area (Å²) in [5, 5.41) is 4.31. The minimum absolute atomic E-state index is 0.378. The summed E-state index contributed by atoms with van der Waals surface area (Å²) in [6, 6.07) is 3.40. The van der Waals surface area contributed by atoms with Crippen LogP contribution in [0.5, 0.6) is 0 Å². The highest BCUT2D eigenvalue weighted by Gasteiger charge is 2.06. The van der Waals surface area contributed by atoms with E-state index in [2.05, 4.69) is 14.9 Å². The Bertz CT molecular complexity index is 382. The maximum absolute atomic E-state index is 11.7. The van der Waals surface area contributed by atoms with Gasteiger partial charge in [0.05, 0.1) is 6.20 Å². The molecule has 13 heavy (non-hydrogen) atoms. The first-order valence-corrected chi connectivity index (χ1v) is 3.51. The second kappa shape index (κ2) is 2.96. The molecule has 2 aromatic rings. The van der Waals surface area contributed by atoms with Crippen molar-refractivity contribution < 1.29 is 13.6 Å². The van der Waals surface area contributed by atoms with Gasteiger partial charge in [-0.05, 0) is 12.1 Å². The molecule has 0 aliphatic rings. The van der Waals surface area contributed by atoms with E-state index in [0.717, 1.165) is 0 Å². The Morgan fingerprint density at radius 2 is 2.31 bits per heavy atom. The highest BCUT2D eigenvalue weighted by atomic mass is 19.3. The molecule has 0 amide bonds. The number of hydrogen-bond acceptors (Lipinski definition) is 3. The molecule has 0 aromatic carbocycles. The second-order valence-corrected chi connectivity index (χ2v) is 2.31. The van der Waals surface area contributed by atoms with Gasteiger partial charge in [0.1, 0.15) is 0 Å². The van der Waals surface area contributed by atoms with Crippen molar-refractivity contribution in [3.8, 4) is 0 Å². The standard InChI is InChI=1S/C7H5F2N3O/c8-7(9)13-12-4-5-2-1-3-10-6(5)11-12/h1-4,7H. The SMILES string of the molecule is FC(F)On1cc2cccnc2n1. The fourth-order valence-corrected chi connectivity index (χ4v) is 0.971. The number of aromatic nitrogens is 3. The molecule has 0 spiro atoms. The lowest BCUT2D eigenvalue weighted by molar-refractivity contribution is -0.142. The molecule has 0 radical (unpaired) electrons. The molecule has 0 N–H and O–H groups in total. The lowest BCUT2D eigenvalue weighted by atomic mass is 10.4. The van der Waals surface area contributed by atoms with Crippen LogP contribution in [0.2, 0.25) is 0 Å². The van der Waals surface area contributed by atoms with Crippen LogP contribution in [0.1, 0.15) is 0 Å². The topological polar surface area (TPSA) is 39.9 Å². The highest BCUT2D eigenvalue weighted by Crippen LogP contribution is 2.07. The quantitative estimate of drug-likeness (QED) is 0.702. The zero-order chi connectivity index (χ0) is 9.26. The van der Waals surface area contributed by atoms with Crippen molar-refractivity contribution in [3.63, 3.8) is 0 Å². The van der Waals surface area contributed by atoms with Gasteiger partial charge in [-0.3, -0.25) is 0 Å². The molecule has 0 saturated carbocycles. The smallest absolute Gasteiger partial charge is 0.327 e. The van der Waals surface area contributed by atoms with Crippen molar-refractivity contribution in [1.82, 2.24) is 14.9 Å². The third-order valence-electron chi connectivity index (χ3n) is 1.45. The first-order chi connectivity index (χ1) is 6.25. The molecule has 4 nitrogen and oxygen atoms in total. The van der Waals surface area contributed by atoms with E-state index in [1.807, 2.05) is 0 Å². The number of rotatable bonds is 2. The van der Waals surface area contributed by atoms with Crippen molar-refractivity contribution in [2.75, 3.05) is 0 Å². The number of hydrogen-bond donors (Lipinski definition) is 0. The average molecular weight is 185 g/mol. The Kier molecular flexibility index (Phi) is 1.80. The van der Waals surface area contributed by atoms with E-state index >= 15 is 0 Å². The summed E-state index contributed by atoms with van der Waals surface area (Å²) in [6.07, 6.45) is 2.87. The maximum Gasteiger partial charge on any atom is 0.407 e. The average Bonchev–Trinajstić information content (AvgIpc) is 2.44. The predicted molar refractivity (Wildman–Crippen MR) is 40.1 cm³/mol. The van der Waals surface area contributed by atoms with Crippen LogP contribution < -0.4 is 4.84 Å². The van der Waals surface area contributed by atoms with Gasteiger partial charge in [0.25, 0.3) is 0 Å². The van der Waals surface area contributed by atoms with Gasteiger partial charge in [-0.25, -0.2) is 4.98 Å². The van der Waals surface area contributed by atoms with E-state index in [1.165, 1.54) is 12.4 Å². The van der Waals surface area contributed by atoms with E-state index in [-0.39, 0.29) is 0 Å². The van der Waals surface area contributed by atoms with Crippen molar-refractivity contribution in [1.29, 1.82) is 0 Å². The number of nitrogens with zero attached hydrogens (tertiary/aromatic N) is 3. The van der Waals surface area contributed by atoms with Gasteiger partial charge in [-0.2, -0.15) is 8.78 Å². The van der Waals surface area contributed by atoms with Crippen LogP contribution in [0.25, 0.3) is 11.0 Å². The Balaban J connectivity index is 2.38. The summed E-state index contributed by atoms with van der Waals surface area (Å²) in [6.45, 7) is -2.88. The highest BCUT2D eigenvalue weighted by molar-refractivity contribution is 5.73. The lowest BCUT2D eigenvalue weighted by Crippen LogP contribution is -2.16. The normalized spacial score (nSPS) is 11.0. The first kappa shape index (κ1) is 7.90. The van der Waals surface area contributed by atoms with Crippen LogP contribution in [0.15, 0.2) is 24.5 Å². The monoisotopic (exact) mass is 185 g/mol. The van der Waals surface area contributed by atoms with Crippen LogP contribution in [0.4, 0.5) is 8.78 Å². The fourth-order valence-electron chi connectivity index (χ4n) is 0.971. The number of alkyl halides is 2. The number of halogens is 2. The summed E-state index contributed by atoms with van der Waals surface area (Å²) < 4.78 is 23.5.